The fourth-order valence-corrected chi connectivity index (χ4v) is 6.38. The first-order valence-electron chi connectivity index (χ1n) is 13.4. The number of benzene rings is 2. The molecule has 0 fully saturated rings. The number of nitrogens with zero attached hydrogens (tertiary/aromatic N) is 2. The summed E-state index contributed by atoms with van der Waals surface area (Å²) in [6, 6.07) is 15.5. The molecular weight excluding hydrogens is 589 g/mol. The number of aromatic nitrogens is 2. The number of hydrogen-bond donors (Lipinski definition) is 6. The minimum Gasteiger partial charge on any atom is -0.350 e. The molecule has 0 saturated heterocycles. The van der Waals surface area contributed by atoms with Crippen LogP contribution in [0.5, 0.6) is 0 Å². The Bertz CT molecular complexity index is 1640. The van der Waals surface area contributed by atoms with Gasteiger partial charge in [-0.1, -0.05) is 45.9 Å². The van der Waals surface area contributed by atoms with Crippen molar-refractivity contribution in [1.29, 1.82) is 0 Å². The number of likely N-dealkylation sites (N-methyl/N-ethyl adjacent to an activating group) is 1. The Morgan fingerprint density at radius 3 is 1.86 bits per heavy atom. The normalized spacial score (nSPS) is 10.8. The third-order valence-corrected chi connectivity index (χ3v) is 8.66. The lowest BCUT2D eigenvalue weighted by Gasteiger charge is -2.13. The third kappa shape index (κ3) is 8.88. The summed E-state index contributed by atoms with van der Waals surface area (Å²) in [5, 5.41) is 15.3. The molecule has 7 N–H and O–H groups in total. The number of fused-ring (bicyclic) bond motifs is 2. The molecule has 0 aliphatic heterocycles. The van der Waals surface area contributed by atoms with Crippen molar-refractivity contribution in [3.05, 3.63) is 72.1 Å². The van der Waals surface area contributed by atoms with E-state index in [1.165, 1.54) is 0 Å². The number of para-hydroxylation sites is 1. The van der Waals surface area contributed by atoms with Crippen molar-refractivity contribution in [3.63, 3.8) is 0 Å². The number of rotatable bonds is 14. The van der Waals surface area contributed by atoms with Gasteiger partial charge in [0.1, 0.15) is 0 Å². The van der Waals surface area contributed by atoms with Crippen molar-refractivity contribution < 1.29 is 19.2 Å². The lowest BCUT2D eigenvalue weighted by Crippen LogP contribution is -2.39. The zero-order chi connectivity index (χ0) is 30.6. The van der Waals surface area contributed by atoms with Gasteiger partial charge in [0.05, 0.1) is 37.2 Å². The Morgan fingerprint density at radius 1 is 0.651 bits per heavy atom. The van der Waals surface area contributed by atoms with Gasteiger partial charge in [-0.15, -0.1) is 0 Å². The smallest absolute Gasteiger partial charge is 0.239 e. The van der Waals surface area contributed by atoms with Crippen molar-refractivity contribution >= 4 is 67.0 Å². The Balaban J connectivity index is 1.43. The number of amides is 4. The number of carbonyl (C=O) groups is 4. The van der Waals surface area contributed by atoms with Crippen LogP contribution in [0.15, 0.2) is 70.7 Å². The molecular formula is C29H32N8O4S2. The maximum Gasteiger partial charge on any atom is 0.239 e. The van der Waals surface area contributed by atoms with E-state index in [0.29, 0.717) is 6.54 Å². The third-order valence-electron chi connectivity index (χ3n) is 6.24. The van der Waals surface area contributed by atoms with Gasteiger partial charge in [0.25, 0.3) is 0 Å². The molecule has 4 aromatic rings. The summed E-state index contributed by atoms with van der Waals surface area (Å²) in [5.41, 5.74) is 8.69. The van der Waals surface area contributed by atoms with Crippen LogP contribution >= 0.6 is 21.6 Å². The number of nitrogens with one attached hydrogen (secondary N) is 5. The predicted molar refractivity (Wildman–Crippen MR) is 168 cm³/mol. The highest BCUT2D eigenvalue weighted by Crippen LogP contribution is 2.43. The van der Waals surface area contributed by atoms with Gasteiger partial charge in [-0.2, -0.15) is 0 Å². The number of hydrogen-bond acceptors (Lipinski definition) is 10. The topological polar surface area (TPSA) is 180 Å². The van der Waals surface area contributed by atoms with Crippen molar-refractivity contribution in [2.45, 2.75) is 22.9 Å². The monoisotopic (exact) mass is 620 g/mol. The summed E-state index contributed by atoms with van der Waals surface area (Å²) >= 11 is 0. The highest BCUT2D eigenvalue weighted by atomic mass is 33.1. The molecule has 0 aliphatic rings. The van der Waals surface area contributed by atoms with Gasteiger partial charge in [-0.05, 0) is 42.4 Å². The molecule has 4 rings (SSSR count). The molecule has 12 nitrogen and oxygen atoms in total. The molecule has 224 valence electrons. The van der Waals surface area contributed by atoms with Crippen LogP contribution in [0.3, 0.4) is 0 Å². The summed E-state index contributed by atoms with van der Waals surface area (Å²) < 4.78 is 0. The van der Waals surface area contributed by atoms with Crippen LogP contribution in [0.1, 0.15) is 11.1 Å². The summed E-state index contributed by atoms with van der Waals surface area (Å²) in [5.74, 6) is -1.24. The zero-order valence-electron chi connectivity index (χ0n) is 23.4. The van der Waals surface area contributed by atoms with E-state index in [-0.39, 0.29) is 50.4 Å². The largest absolute Gasteiger partial charge is 0.350 e. The molecule has 0 bridgehead atoms. The van der Waals surface area contributed by atoms with E-state index in [2.05, 4.69) is 36.6 Å². The van der Waals surface area contributed by atoms with Gasteiger partial charge in [0.15, 0.2) is 0 Å². The second-order valence-corrected chi connectivity index (χ2v) is 11.5. The number of pyridine rings is 2. The molecule has 0 spiro atoms. The summed E-state index contributed by atoms with van der Waals surface area (Å²) in [4.78, 5) is 58.4. The van der Waals surface area contributed by atoms with Gasteiger partial charge in [0, 0.05) is 46.0 Å². The van der Waals surface area contributed by atoms with Gasteiger partial charge in [-0.3, -0.25) is 29.1 Å². The van der Waals surface area contributed by atoms with Gasteiger partial charge in [-0.25, -0.2) is 0 Å². The Morgan fingerprint density at radius 2 is 1.21 bits per heavy atom. The quantitative estimate of drug-likeness (QED) is 0.112. The van der Waals surface area contributed by atoms with E-state index in [4.69, 9.17) is 5.73 Å². The highest BCUT2D eigenvalue weighted by Gasteiger charge is 2.13. The molecule has 4 amide bonds. The van der Waals surface area contributed by atoms with E-state index in [0.717, 1.165) is 42.7 Å². The molecule has 43 heavy (non-hydrogen) atoms. The summed E-state index contributed by atoms with van der Waals surface area (Å²) in [6.07, 6.45) is 3.45. The van der Waals surface area contributed by atoms with Crippen molar-refractivity contribution in [2.75, 3.05) is 33.2 Å². The Labute approximate surface area is 256 Å². The van der Waals surface area contributed by atoms with Crippen LogP contribution < -0.4 is 32.3 Å². The average molecular weight is 621 g/mol. The summed E-state index contributed by atoms with van der Waals surface area (Å²) in [7, 11) is 4.77. The van der Waals surface area contributed by atoms with Crippen LogP contribution in [0.4, 0.5) is 0 Å². The highest BCUT2D eigenvalue weighted by molar-refractivity contribution is 8.76. The SMILES string of the molecule is CNCC(=O)NCC(=O)NCc1ccnc2c(SSc3ccc(CNC(=O)CNC(=O)CN)c4cccnc34)cccc12. The fourth-order valence-electron chi connectivity index (χ4n) is 4.11. The predicted octanol–water partition coefficient (Wildman–Crippen LogP) is 1.23. The van der Waals surface area contributed by atoms with Gasteiger partial charge in [0.2, 0.25) is 23.6 Å². The first-order chi connectivity index (χ1) is 20.9. The van der Waals surface area contributed by atoms with E-state index in [1.807, 2.05) is 48.5 Å². The maximum absolute atomic E-state index is 12.2. The van der Waals surface area contributed by atoms with E-state index in [1.54, 1.807) is 41.0 Å². The molecule has 0 aliphatic carbocycles. The van der Waals surface area contributed by atoms with Gasteiger partial charge >= 0.3 is 0 Å². The lowest BCUT2D eigenvalue weighted by molar-refractivity contribution is -0.125. The minimum atomic E-state index is -0.393. The van der Waals surface area contributed by atoms with Crippen LogP contribution in [0.25, 0.3) is 21.8 Å². The van der Waals surface area contributed by atoms with E-state index < -0.39 is 5.91 Å². The van der Waals surface area contributed by atoms with Crippen LogP contribution in [0.2, 0.25) is 0 Å². The molecule has 0 atom stereocenters. The second-order valence-electron chi connectivity index (χ2n) is 9.25. The average Bonchev–Trinajstić information content (AvgIpc) is 3.03. The Kier molecular flexibility index (Phi) is 11.7. The van der Waals surface area contributed by atoms with Crippen LogP contribution in [-0.2, 0) is 32.3 Å². The molecule has 2 heterocycles. The number of nitrogens with two attached hydrogens (primary N) is 1. The van der Waals surface area contributed by atoms with Gasteiger partial charge < -0.3 is 32.3 Å². The second kappa shape index (κ2) is 15.8. The molecule has 0 radical (unpaired) electrons. The standard InChI is InChI=1S/C29H32N8O4S2/c1-31-15-25(39)37-17-27(41)35-14-19-9-11-33-28-20(19)4-2-6-22(28)42-43-23-8-7-18(21-5-3-10-32-29(21)23)13-34-26(40)16-36-24(38)12-30/h2-11,31H,12-17,30H2,1H3,(H,34,40)(H,35,41)(H,36,38)(H,37,39). The molecule has 2 aromatic heterocycles. The van der Waals surface area contributed by atoms with E-state index >= 15 is 0 Å². The molecule has 0 saturated carbocycles. The van der Waals surface area contributed by atoms with Crippen LogP contribution in [-0.4, -0.2) is 66.8 Å². The molecule has 2 aromatic carbocycles. The summed E-state index contributed by atoms with van der Waals surface area (Å²) in [6.45, 7) is 0.321. The minimum absolute atomic E-state index is 0.0958. The maximum atomic E-state index is 12.2. The number of carbonyl (C=O) groups excluding carboxylic acids is 4. The van der Waals surface area contributed by atoms with E-state index in [9.17, 15) is 19.2 Å². The zero-order valence-corrected chi connectivity index (χ0v) is 25.1. The molecule has 14 heteroatoms. The first kappa shape index (κ1) is 31.7. The fraction of sp³-hybridized carbons (Fsp3) is 0.241. The first-order valence-corrected chi connectivity index (χ1v) is 15.5. The van der Waals surface area contributed by atoms with Crippen molar-refractivity contribution in [1.82, 2.24) is 36.6 Å². The molecule has 0 unspecified atom stereocenters. The van der Waals surface area contributed by atoms with Crippen LogP contribution in [0, 0.1) is 0 Å². The van der Waals surface area contributed by atoms with Crippen molar-refractivity contribution in [3.8, 4) is 0 Å². The lowest BCUT2D eigenvalue weighted by atomic mass is 10.1. The van der Waals surface area contributed by atoms with Crippen molar-refractivity contribution in [2.24, 2.45) is 5.73 Å². The Hall–Kier alpha value is -4.24.